The van der Waals surface area contributed by atoms with Gasteiger partial charge in [0.1, 0.15) is 12.0 Å². The lowest BCUT2D eigenvalue weighted by molar-refractivity contribution is -0.384. The van der Waals surface area contributed by atoms with Crippen LogP contribution in [-0.4, -0.2) is 48.8 Å². The highest BCUT2D eigenvalue weighted by Crippen LogP contribution is 2.31. The molecule has 1 aromatic rings. The zero-order chi connectivity index (χ0) is 14.7. The Morgan fingerprint density at radius 2 is 1.80 bits per heavy atom. The summed E-state index contributed by atoms with van der Waals surface area (Å²) in [7, 11) is 0. The summed E-state index contributed by atoms with van der Waals surface area (Å²) in [5, 5.41) is 10.9. The molecule has 1 saturated heterocycles. The molecule has 0 aliphatic carbocycles. The maximum absolute atomic E-state index is 13.3. The Bertz CT molecular complexity index is 531. The molecule has 0 aromatic heterocycles. The molecule has 0 N–H and O–H groups in total. The molecule has 0 atom stereocenters. The highest BCUT2D eigenvalue weighted by Gasteiger charge is 2.25. The van der Waals surface area contributed by atoms with Crippen LogP contribution in [-0.2, 0) is 4.79 Å². The number of rotatable bonds is 4. The van der Waals surface area contributed by atoms with Gasteiger partial charge in [-0.2, -0.15) is 0 Å². The summed E-state index contributed by atoms with van der Waals surface area (Å²) in [6.45, 7) is 2.21. The van der Waals surface area contributed by atoms with E-state index in [4.69, 9.17) is 0 Å². The molecule has 1 heterocycles. The summed E-state index contributed by atoms with van der Waals surface area (Å²) >= 11 is 0. The summed E-state index contributed by atoms with van der Waals surface area (Å²) in [4.78, 5) is 24.1. The van der Waals surface area contributed by atoms with Crippen molar-refractivity contribution in [2.24, 2.45) is 0 Å². The standard InChI is InChI=1S/C12H13F2N3O3/c13-9-7-11(12(17(19)20)8-10(9)14)16-3-1-15(2-4-16)5-6-18/h6-8H,1-5H2. The highest BCUT2D eigenvalue weighted by molar-refractivity contribution is 5.64. The SMILES string of the molecule is O=CCN1CCN(c2cc(F)c(F)cc2[N+](=O)[O-])CC1. The van der Waals surface area contributed by atoms with Gasteiger partial charge in [-0.25, -0.2) is 8.78 Å². The van der Waals surface area contributed by atoms with Gasteiger partial charge in [-0.15, -0.1) is 0 Å². The van der Waals surface area contributed by atoms with Crippen LogP contribution >= 0.6 is 0 Å². The third kappa shape index (κ3) is 2.90. The van der Waals surface area contributed by atoms with Crippen LogP contribution in [0.25, 0.3) is 0 Å². The molecule has 1 fully saturated rings. The van der Waals surface area contributed by atoms with E-state index in [0.29, 0.717) is 38.8 Å². The molecule has 1 aliphatic heterocycles. The third-order valence-corrected chi connectivity index (χ3v) is 3.26. The van der Waals surface area contributed by atoms with Crippen molar-refractivity contribution in [3.05, 3.63) is 33.9 Å². The minimum atomic E-state index is -1.24. The Hall–Kier alpha value is -2.09. The Labute approximate surface area is 113 Å². The van der Waals surface area contributed by atoms with Gasteiger partial charge in [0.05, 0.1) is 17.5 Å². The second-order valence-corrected chi connectivity index (χ2v) is 4.47. The first-order valence-electron chi connectivity index (χ1n) is 6.07. The molecule has 0 radical (unpaired) electrons. The number of carbonyl (C=O) groups excluding carboxylic acids is 1. The second-order valence-electron chi connectivity index (χ2n) is 4.47. The van der Waals surface area contributed by atoms with Crippen molar-refractivity contribution < 1.29 is 18.5 Å². The lowest BCUT2D eigenvalue weighted by Crippen LogP contribution is -2.47. The Kier molecular flexibility index (Phi) is 4.23. The van der Waals surface area contributed by atoms with E-state index >= 15 is 0 Å². The summed E-state index contributed by atoms with van der Waals surface area (Å²) in [5.41, 5.74) is -0.382. The Morgan fingerprint density at radius 3 is 2.35 bits per heavy atom. The second kappa shape index (κ2) is 5.91. The number of nitro groups is 1. The van der Waals surface area contributed by atoms with Crippen LogP contribution in [0.1, 0.15) is 0 Å². The van der Waals surface area contributed by atoms with Crippen molar-refractivity contribution in [3.63, 3.8) is 0 Å². The summed E-state index contributed by atoms with van der Waals surface area (Å²) in [5.74, 6) is -2.35. The number of anilines is 1. The molecule has 1 aromatic carbocycles. The monoisotopic (exact) mass is 285 g/mol. The number of benzene rings is 1. The number of carbonyl (C=O) groups is 1. The van der Waals surface area contributed by atoms with Crippen LogP contribution in [0.4, 0.5) is 20.2 Å². The van der Waals surface area contributed by atoms with Crippen LogP contribution in [0, 0.1) is 21.7 Å². The van der Waals surface area contributed by atoms with E-state index in [1.54, 1.807) is 4.90 Å². The van der Waals surface area contributed by atoms with E-state index in [1.807, 2.05) is 4.90 Å². The van der Waals surface area contributed by atoms with Crippen molar-refractivity contribution in [2.75, 3.05) is 37.6 Å². The topological polar surface area (TPSA) is 66.7 Å². The van der Waals surface area contributed by atoms with E-state index in [-0.39, 0.29) is 5.69 Å². The average Bonchev–Trinajstić information content (AvgIpc) is 2.42. The van der Waals surface area contributed by atoms with E-state index in [2.05, 4.69) is 0 Å². The van der Waals surface area contributed by atoms with Gasteiger partial charge in [0.25, 0.3) is 5.69 Å². The number of piperazine rings is 1. The molecule has 1 aliphatic rings. The average molecular weight is 285 g/mol. The lowest BCUT2D eigenvalue weighted by Gasteiger charge is -2.34. The number of nitro benzene ring substituents is 1. The molecule has 108 valence electrons. The number of hydrogen-bond donors (Lipinski definition) is 0. The van der Waals surface area contributed by atoms with Crippen LogP contribution in [0.5, 0.6) is 0 Å². The molecule has 0 saturated carbocycles. The summed E-state index contributed by atoms with van der Waals surface area (Å²) in [6, 6.07) is 1.45. The zero-order valence-electron chi connectivity index (χ0n) is 10.6. The van der Waals surface area contributed by atoms with Crippen LogP contribution in [0.15, 0.2) is 12.1 Å². The van der Waals surface area contributed by atoms with Crippen molar-refractivity contribution in [2.45, 2.75) is 0 Å². The molecule has 0 unspecified atom stereocenters. The fourth-order valence-corrected chi connectivity index (χ4v) is 2.20. The Balaban J connectivity index is 2.23. The smallest absolute Gasteiger partial charge is 0.295 e. The number of halogens is 2. The molecule has 6 nitrogen and oxygen atoms in total. The maximum Gasteiger partial charge on any atom is 0.295 e. The van der Waals surface area contributed by atoms with Gasteiger partial charge < -0.3 is 9.69 Å². The van der Waals surface area contributed by atoms with Crippen molar-refractivity contribution >= 4 is 17.7 Å². The minimum absolute atomic E-state index is 0.0691. The van der Waals surface area contributed by atoms with Crippen LogP contribution < -0.4 is 4.90 Å². The number of nitrogens with zero attached hydrogens (tertiary/aromatic N) is 3. The van der Waals surface area contributed by atoms with E-state index < -0.39 is 22.2 Å². The fraction of sp³-hybridized carbons (Fsp3) is 0.417. The molecular weight excluding hydrogens is 272 g/mol. The molecule has 0 bridgehead atoms. The first-order valence-corrected chi connectivity index (χ1v) is 6.07. The molecule has 0 amide bonds. The first-order chi connectivity index (χ1) is 9.52. The van der Waals surface area contributed by atoms with Gasteiger partial charge in [-0.05, 0) is 0 Å². The van der Waals surface area contributed by atoms with Gasteiger partial charge in [0, 0.05) is 32.2 Å². The van der Waals surface area contributed by atoms with Gasteiger partial charge in [-0.1, -0.05) is 0 Å². The van der Waals surface area contributed by atoms with Gasteiger partial charge >= 0.3 is 0 Å². The van der Waals surface area contributed by atoms with Gasteiger partial charge in [0.2, 0.25) is 0 Å². The predicted molar refractivity (Wildman–Crippen MR) is 67.7 cm³/mol. The Morgan fingerprint density at radius 1 is 1.20 bits per heavy atom. The van der Waals surface area contributed by atoms with Crippen LogP contribution in [0.2, 0.25) is 0 Å². The molecular formula is C12H13F2N3O3. The molecule has 2 rings (SSSR count). The number of hydrogen-bond acceptors (Lipinski definition) is 5. The zero-order valence-corrected chi connectivity index (χ0v) is 10.6. The van der Waals surface area contributed by atoms with Crippen molar-refractivity contribution in [1.29, 1.82) is 0 Å². The highest BCUT2D eigenvalue weighted by atomic mass is 19.2. The molecule has 20 heavy (non-hydrogen) atoms. The van der Waals surface area contributed by atoms with Crippen molar-refractivity contribution in [1.82, 2.24) is 4.90 Å². The quantitative estimate of drug-likeness (QED) is 0.472. The predicted octanol–water partition coefficient (Wildman–Crippen LogP) is 1.19. The van der Waals surface area contributed by atoms with E-state index in [0.717, 1.165) is 12.4 Å². The lowest BCUT2D eigenvalue weighted by atomic mass is 10.2. The minimum Gasteiger partial charge on any atom is -0.363 e. The van der Waals surface area contributed by atoms with Crippen molar-refractivity contribution in [3.8, 4) is 0 Å². The van der Waals surface area contributed by atoms with Gasteiger partial charge in [-0.3, -0.25) is 15.0 Å². The van der Waals surface area contributed by atoms with E-state index in [1.165, 1.54) is 0 Å². The largest absolute Gasteiger partial charge is 0.363 e. The maximum atomic E-state index is 13.3. The molecule has 0 spiro atoms. The van der Waals surface area contributed by atoms with E-state index in [9.17, 15) is 23.7 Å². The van der Waals surface area contributed by atoms with Gasteiger partial charge in [0.15, 0.2) is 11.6 Å². The summed E-state index contributed by atoms with van der Waals surface area (Å²) in [6.07, 6.45) is 0.787. The normalized spacial score (nSPS) is 16.2. The van der Waals surface area contributed by atoms with Crippen LogP contribution in [0.3, 0.4) is 0 Å². The summed E-state index contributed by atoms with van der Waals surface area (Å²) < 4.78 is 26.4. The third-order valence-electron chi connectivity index (χ3n) is 3.26. The fourth-order valence-electron chi connectivity index (χ4n) is 2.20. The number of aldehydes is 1. The molecule has 8 heteroatoms. The first kappa shape index (κ1) is 14.3.